The first-order valence-corrected chi connectivity index (χ1v) is 12.5. The Hall–Kier alpha value is -4.10. The van der Waals surface area contributed by atoms with Crippen molar-refractivity contribution >= 4 is 16.0 Å². The number of pyridine rings is 1. The third-order valence-electron chi connectivity index (χ3n) is 5.37. The van der Waals surface area contributed by atoms with Gasteiger partial charge in [-0.1, -0.05) is 12.1 Å². The molecule has 0 aliphatic heterocycles. The molecule has 0 saturated heterocycles. The van der Waals surface area contributed by atoms with Gasteiger partial charge in [0.2, 0.25) is 16.0 Å². The number of anilines is 1. The maximum atomic E-state index is 14.1. The number of methoxy groups -OCH3 is 2. The first-order valence-electron chi connectivity index (χ1n) is 10.9. The summed E-state index contributed by atoms with van der Waals surface area (Å²) >= 11 is 0. The van der Waals surface area contributed by atoms with Crippen LogP contribution in [0.25, 0.3) is 17.1 Å². The van der Waals surface area contributed by atoms with E-state index in [4.69, 9.17) is 9.47 Å². The second-order valence-electron chi connectivity index (χ2n) is 8.01. The summed E-state index contributed by atoms with van der Waals surface area (Å²) in [5.74, 6) is -2.23. The fourth-order valence-electron chi connectivity index (χ4n) is 3.73. The van der Waals surface area contributed by atoms with E-state index < -0.39 is 33.5 Å². The maximum absolute atomic E-state index is 14.1. The molecular formula is C24H23F2N5O5S. The van der Waals surface area contributed by atoms with Gasteiger partial charge in [-0.15, -0.1) is 10.2 Å². The topological polar surface area (TPSA) is 128 Å². The number of aryl methyl sites for hydroxylation is 1. The van der Waals surface area contributed by atoms with Gasteiger partial charge in [-0.2, -0.15) is 0 Å². The van der Waals surface area contributed by atoms with Crippen LogP contribution in [0, 0.1) is 18.6 Å². The predicted molar refractivity (Wildman–Crippen MR) is 131 cm³/mol. The van der Waals surface area contributed by atoms with Gasteiger partial charge in [0.1, 0.15) is 28.8 Å². The highest BCUT2D eigenvalue weighted by atomic mass is 32.2. The van der Waals surface area contributed by atoms with E-state index in [0.29, 0.717) is 28.8 Å². The number of benzene rings is 2. The van der Waals surface area contributed by atoms with Crippen LogP contribution >= 0.6 is 0 Å². The number of para-hydroxylation sites is 1. The van der Waals surface area contributed by atoms with Crippen molar-refractivity contribution in [3.8, 4) is 28.6 Å². The number of aliphatic hydroxyl groups excluding tert-OH is 1. The summed E-state index contributed by atoms with van der Waals surface area (Å²) < 4.78 is 68.1. The summed E-state index contributed by atoms with van der Waals surface area (Å²) in [5.41, 5.74) is 1.29. The van der Waals surface area contributed by atoms with Crippen molar-refractivity contribution in [3.05, 3.63) is 77.6 Å². The second kappa shape index (κ2) is 10.5. The van der Waals surface area contributed by atoms with E-state index >= 15 is 0 Å². The number of ether oxygens (including phenoxy) is 2. The highest BCUT2D eigenvalue weighted by Crippen LogP contribution is 2.37. The molecule has 0 spiro atoms. The maximum Gasteiger partial charge on any atom is 0.243 e. The molecule has 2 aromatic carbocycles. The average molecular weight is 532 g/mol. The molecule has 2 N–H and O–H groups in total. The van der Waals surface area contributed by atoms with E-state index in [9.17, 15) is 22.3 Å². The minimum atomic E-state index is -4.34. The Bertz CT molecular complexity index is 1520. The molecule has 0 aliphatic carbocycles. The Morgan fingerprint density at radius 2 is 1.76 bits per heavy atom. The fraction of sp³-hybridized carbons (Fsp3) is 0.208. The minimum absolute atomic E-state index is 0.224. The van der Waals surface area contributed by atoms with Gasteiger partial charge >= 0.3 is 0 Å². The van der Waals surface area contributed by atoms with E-state index in [1.807, 2.05) is 6.92 Å². The van der Waals surface area contributed by atoms with Crippen LogP contribution in [0.2, 0.25) is 0 Å². The lowest BCUT2D eigenvalue weighted by atomic mass is 10.1. The number of hydrogen-bond donors (Lipinski definition) is 2. The van der Waals surface area contributed by atoms with Crippen molar-refractivity contribution < 1.29 is 31.8 Å². The Balaban J connectivity index is 1.80. The molecule has 2 aromatic heterocycles. The lowest BCUT2D eigenvalue weighted by Gasteiger charge is -2.18. The lowest BCUT2D eigenvalue weighted by Crippen LogP contribution is -2.24. The summed E-state index contributed by atoms with van der Waals surface area (Å²) in [4.78, 5) is 4.17. The molecular weight excluding hydrogens is 508 g/mol. The number of halogens is 2. The number of aliphatic hydroxyl groups is 1. The average Bonchev–Trinajstić information content (AvgIpc) is 3.25. The molecule has 0 radical (unpaired) electrons. The Labute approximate surface area is 211 Å². The standard InChI is InChI=1S/C24H23F2N5O5S/c1-14-9-15(12-27-11-14)23-28-29-24(31(23)22-20(35-2)5-4-6-21(22)36-3)30-37(33,34)13-19(32)17-8-7-16(25)10-18(17)26/h4-12,19,32H,13H2,1-3H3,(H,29,30). The van der Waals surface area contributed by atoms with Crippen molar-refractivity contribution in [2.75, 3.05) is 24.7 Å². The number of nitrogens with zero attached hydrogens (tertiary/aromatic N) is 4. The molecule has 13 heteroatoms. The van der Waals surface area contributed by atoms with Gasteiger partial charge < -0.3 is 14.6 Å². The molecule has 37 heavy (non-hydrogen) atoms. The van der Waals surface area contributed by atoms with E-state index in [1.54, 1.807) is 30.5 Å². The summed E-state index contributed by atoms with van der Waals surface area (Å²) in [7, 11) is -1.46. The smallest absolute Gasteiger partial charge is 0.243 e. The quantitative estimate of drug-likeness (QED) is 0.336. The molecule has 1 atom stereocenters. The van der Waals surface area contributed by atoms with E-state index in [2.05, 4.69) is 19.9 Å². The molecule has 0 saturated carbocycles. The van der Waals surface area contributed by atoms with Crippen LogP contribution < -0.4 is 14.2 Å². The van der Waals surface area contributed by atoms with Crippen LogP contribution in [0.4, 0.5) is 14.7 Å². The van der Waals surface area contributed by atoms with E-state index in [0.717, 1.165) is 17.7 Å². The highest BCUT2D eigenvalue weighted by Gasteiger charge is 2.27. The van der Waals surface area contributed by atoms with Gasteiger partial charge in [0.05, 0.1) is 26.1 Å². The monoisotopic (exact) mass is 531 g/mol. The Morgan fingerprint density at radius 3 is 2.38 bits per heavy atom. The molecule has 194 valence electrons. The molecule has 10 nitrogen and oxygen atoms in total. The molecule has 2 heterocycles. The predicted octanol–water partition coefficient (Wildman–Crippen LogP) is 3.41. The normalized spacial score (nSPS) is 12.3. The van der Waals surface area contributed by atoms with E-state index in [1.165, 1.54) is 25.0 Å². The Morgan fingerprint density at radius 1 is 1.05 bits per heavy atom. The van der Waals surface area contributed by atoms with Crippen LogP contribution in [0.5, 0.6) is 11.5 Å². The lowest BCUT2D eigenvalue weighted by molar-refractivity contribution is 0.196. The molecule has 0 aliphatic rings. The summed E-state index contributed by atoms with van der Waals surface area (Å²) in [6.45, 7) is 1.83. The van der Waals surface area contributed by atoms with Crippen molar-refractivity contribution in [2.45, 2.75) is 13.0 Å². The summed E-state index contributed by atoms with van der Waals surface area (Å²) in [6, 6.07) is 9.24. The third kappa shape index (κ3) is 5.52. The molecule has 4 rings (SSSR count). The van der Waals surface area contributed by atoms with Gasteiger partial charge in [-0.25, -0.2) is 17.2 Å². The first kappa shape index (κ1) is 26.0. The van der Waals surface area contributed by atoms with Crippen molar-refractivity contribution in [3.63, 3.8) is 0 Å². The zero-order chi connectivity index (χ0) is 26.7. The Kier molecular flexibility index (Phi) is 7.36. The number of aromatic nitrogens is 4. The highest BCUT2D eigenvalue weighted by molar-refractivity contribution is 7.92. The molecule has 0 amide bonds. The number of nitrogens with one attached hydrogen (secondary N) is 1. The number of hydrogen-bond acceptors (Lipinski definition) is 8. The van der Waals surface area contributed by atoms with Crippen molar-refractivity contribution in [1.82, 2.24) is 19.7 Å². The number of rotatable bonds is 9. The van der Waals surface area contributed by atoms with Gasteiger partial charge in [0, 0.05) is 29.6 Å². The fourth-order valence-corrected chi connectivity index (χ4v) is 4.82. The molecule has 0 bridgehead atoms. The molecule has 0 fully saturated rings. The van der Waals surface area contributed by atoms with Crippen molar-refractivity contribution in [2.24, 2.45) is 0 Å². The zero-order valence-electron chi connectivity index (χ0n) is 20.0. The zero-order valence-corrected chi connectivity index (χ0v) is 20.8. The van der Waals surface area contributed by atoms with Gasteiger partial charge in [-0.3, -0.25) is 14.3 Å². The van der Waals surface area contributed by atoms with Gasteiger partial charge in [0.15, 0.2) is 5.82 Å². The van der Waals surface area contributed by atoms with Crippen LogP contribution in [0.1, 0.15) is 17.2 Å². The summed E-state index contributed by atoms with van der Waals surface area (Å²) in [5, 5.41) is 18.6. The largest absolute Gasteiger partial charge is 0.494 e. The van der Waals surface area contributed by atoms with E-state index in [-0.39, 0.29) is 17.3 Å². The second-order valence-corrected chi connectivity index (χ2v) is 9.78. The minimum Gasteiger partial charge on any atom is -0.494 e. The van der Waals surface area contributed by atoms with Crippen LogP contribution in [-0.4, -0.2) is 53.2 Å². The van der Waals surface area contributed by atoms with Crippen LogP contribution in [0.15, 0.2) is 54.9 Å². The summed E-state index contributed by atoms with van der Waals surface area (Å²) in [6.07, 6.45) is 1.40. The van der Waals surface area contributed by atoms with Crippen LogP contribution in [-0.2, 0) is 10.0 Å². The molecule has 4 aromatic rings. The van der Waals surface area contributed by atoms with Crippen LogP contribution in [0.3, 0.4) is 0 Å². The SMILES string of the molecule is COc1cccc(OC)c1-n1c(NS(=O)(=O)CC(O)c2ccc(F)cc2F)nnc1-c1cncc(C)c1. The van der Waals surface area contributed by atoms with Crippen molar-refractivity contribution in [1.29, 1.82) is 0 Å². The number of sulfonamides is 1. The van der Waals surface area contributed by atoms with Gasteiger partial charge in [0.25, 0.3) is 0 Å². The first-order chi connectivity index (χ1) is 17.6. The molecule has 1 unspecified atom stereocenters. The van der Waals surface area contributed by atoms with Gasteiger partial charge in [-0.05, 0) is 36.8 Å². The third-order valence-corrected chi connectivity index (χ3v) is 6.62.